The third-order valence-electron chi connectivity index (χ3n) is 3.52. The second-order valence-electron chi connectivity index (χ2n) is 4.79. The minimum absolute atomic E-state index is 0.255. The number of anilines is 1. The molecule has 2 heterocycles. The van der Waals surface area contributed by atoms with Crippen molar-refractivity contribution in [3.05, 3.63) is 48.5 Å². The van der Waals surface area contributed by atoms with E-state index in [0.29, 0.717) is 5.82 Å². The number of nitrogens with zero attached hydrogens (tertiary/aromatic N) is 1. The first kappa shape index (κ1) is 11.8. The number of rotatable bonds is 2. The molecule has 104 valence electrons. The van der Waals surface area contributed by atoms with Crippen LogP contribution in [0.5, 0.6) is 11.5 Å². The Morgan fingerprint density at radius 3 is 2.62 bits per heavy atom. The summed E-state index contributed by atoms with van der Waals surface area (Å²) >= 11 is 0. The zero-order valence-electron chi connectivity index (χ0n) is 11.2. The van der Waals surface area contributed by atoms with E-state index in [9.17, 15) is 0 Å². The first-order chi connectivity index (χ1) is 10.3. The Morgan fingerprint density at radius 2 is 1.76 bits per heavy atom. The second-order valence-corrected chi connectivity index (χ2v) is 4.79. The van der Waals surface area contributed by atoms with Gasteiger partial charge in [-0.15, -0.1) is 0 Å². The van der Waals surface area contributed by atoms with Gasteiger partial charge in [0.05, 0.1) is 11.3 Å². The van der Waals surface area contributed by atoms with Crippen LogP contribution in [0.4, 0.5) is 5.82 Å². The van der Waals surface area contributed by atoms with Crippen LogP contribution >= 0.6 is 0 Å². The highest BCUT2D eigenvalue weighted by Crippen LogP contribution is 2.40. The fourth-order valence-electron chi connectivity index (χ4n) is 2.51. The summed E-state index contributed by atoms with van der Waals surface area (Å²) in [6.45, 7) is 0.255. The van der Waals surface area contributed by atoms with Gasteiger partial charge >= 0.3 is 0 Å². The van der Waals surface area contributed by atoms with Crippen molar-refractivity contribution in [1.29, 1.82) is 0 Å². The van der Waals surface area contributed by atoms with Crippen molar-refractivity contribution in [1.82, 2.24) is 10.2 Å². The van der Waals surface area contributed by atoms with E-state index >= 15 is 0 Å². The number of fused-ring (bicyclic) bond motifs is 1. The molecule has 0 amide bonds. The molecular formula is C16H13N3O2. The molecule has 0 saturated carbocycles. The SMILES string of the molecule is Nc1n[nH]c(-c2ccccc2)c1-c1ccc2c(c1)OCO2. The van der Waals surface area contributed by atoms with Crippen molar-refractivity contribution >= 4 is 5.82 Å². The number of hydrogen-bond acceptors (Lipinski definition) is 4. The highest BCUT2D eigenvalue weighted by molar-refractivity contribution is 5.88. The van der Waals surface area contributed by atoms with Gasteiger partial charge in [-0.2, -0.15) is 5.10 Å². The number of hydrogen-bond donors (Lipinski definition) is 2. The van der Waals surface area contributed by atoms with Gasteiger partial charge in [0, 0.05) is 5.56 Å². The maximum Gasteiger partial charge on any atom is 0.231 e. The lowest BCUT2D eigenvalue weighted by Gasteiger charge is -2.06. The summed E-state index contributed by atoms with van der Waals surface area (Å²) in [5.41, 5.74) is 9.80. The smallest absolute Gasteiger partial charge is 0.231 e. The Kier molecular flexibility index (Phi) is 2.57. The van der Waals surface area contributed by atoms with Gasteiger partial charge in [0.15, 0.2) is 17.3 Å². The molecule has 0 fully saturated rings. The highest BCUT2D eigenvalue weighted by atomic mass is 16.7. The normalized spacial score (nSPS) is 12.6. The number of nitrogen functional groups attached to an aromatic ring is 1. The van der Waals surface area contributed by atoms with Gasteiger partial charge in [0.1, 0.15) is 0 Å². The van der Waals surface area contributed by atoms with Crippen LogP contribution in [-0.4, -0.2) is 17.0 Å². The maximum absolute atomic E-state index is 6.04. The molecule has 0 bridgehead atoms. The number of nitrogens with two attached hydrogens (primary N) is 1. The number of benzene rings is 2. The number of nitrogens with one attached hydrogen (secondary N) is 1. The van der Waals surface area contributed by atoms with Crippen molar-refractivity contribution in [3.63, 3.8) is 0 Å². The second kappa shape index (κ2) is 4.56. The molecular weight excluding hydrogens is 266 g/mol. The fraction of sp³-hybridized carbons (Fsp3) is 0.0625. The molecule has 2 aromatic carbocycles. The first-order valence-corrected chi connectivity index (χ1v) is 6.62. The summed E-state index contributed by atoms with van der Waals surface area (Å²) in [6.07, 6.45) is 0. The maximum atomic E-state index is 6.04. The summed E-state index contributed by atoms with van der Waals surface area (Å²) < 4.78 is 10.8. The Labute approximate surface area is 121 Å². The van der Waals surface area contributed by atoms with E-state index in [1.807, 2.05) is 48.5 Å². The average molecular weight is 279 g/mol. The number of aromatic nitrogens is 2. The van der Waals surface area contributed by atoms with Crippen LogP contribution in [-0.2, 0) is 0 Å². The quantitative estimate of drug-likeness (QED) is 0.756. The van der Waals surface area contributed by atoms with Crippen molar-refractivity contribution in [2.45, 2.75) is 0 Å². The topological polar surface area (TPSA) is 73.2 Å². The predicted molar refractivity (Wildman–Crippen MR) is 80.0 cm³/mol. The molecule has 1 aliphatic rings. The molecule has 1 aromatic heterocycles. The van der Waals surface area contributed by atoms with Gasteiger partial charge < -0.3 is 15.2 Å². The van der Waals surface area contributed by atoms with Crippen molar-refractivity contribution in [3.8, 4) is 33.9 Å². The van der Waals surface area contributed by atoms with Crippen LogP contribution in [0.15, 0.2) is 48.5 Å². The number of aromatic amines is 1. The molecule has 3 N–H and O–H groups in total. The summed E-state index contributed by atoms with van der Waals surface area (Å²) in [4.78, 5) is 0. The fourth-order valence-corrected chi connectivity index (χ4v) is 2.51. The lowest BCUT2D eigenvalue weighted by molar-refractivity contribution is 0.174. The average Bonchev–Trinajstić information content (AvgIpc) is 3.13. The van der Waals surface area contributed by atoms with E-state index < -0.39 is 0 Å². The van der Waals surface area contributed by atoms with Gasteiger partial charge in [-0.25, -0.2) is 0 Å². The lowest BCUT2D eigenvalue weighted by atomic mass is 10.0. The molecule has 1 aliphatic heterocycles. The molecule has 0 saturated heterocycles. The third kappa shape index (κ3) is 1.90. The molecule has 0 aliphatic carbocycles. The van der Waals surface area contributed by atoms with E-state index in [2.05, 4.69) is 10.2 Å². The number of ether oxygens (including phenoxy) is 2. The molecule has 3 aromatic rings. The first-order valence-electron chi connectivity index (χ1n) is 6.62. The molecule has 5 nitrogen and oxygen atoms in total. The Balaban J connectivity index is 1.87. The predicted octanol–water partition coefficient (Wildman–Crippen LogP) is 3.05. The number of H-pyrrole nitrogens is 1. The minimum atomic E-state index is 0.255. The van der Waals surface area contributed by atoms with Crippen molar-refractivity contribution in [2.75, 3.05) is 12.5 Å². The van der Waals surface area contributed by atoms with Crippen LogP contribution in [0.3, 0.4) is 0 Å². The summed E-state index contributed by atoms with van der Waals surface area (Å²) in [6, 6.07) is 15.7. The van der Waals surface area contributed by atoms with Gasteiger partial charge in [-0.1, -0.05) is 36.4 Å². The zero-order valence-corrected chi connectivity index (χ0v) is 11.2. The monoisotopic (exact) mass is 279 g/mol. The lowest BCUT2D eigenvalue weighted by Crippen LogP contribution is -1.93. The highest BCUT2D eigenvalue weighted by Gasteiger charge is 2.19. The van der Waals surface area contributed by atoms with Gasteiger partial charge in [-0.05, 0) is 17.7 Å². The minimum Gasteiger partial charge on any atom is -0.454 e. The summed E-state index contributed by atoms with van der Waals surface area (Å²) in [7, 11) is 0. The van der Waals surface area contributed by atoms with Gasteiger partial charge in [0.25, 0.3) is 0 Å². The molecule has 21 heavy (non-hydrogen) atoms. The largest absolute Gasteiger partial charge is 0.454 e. The molecule has 4 rings (SSSR count). The van der Waals surface area contributed by atoms with Crippen LogP contribution in [0.25, 0.3) is 22.4 Å². The van der Waals surface area contributed by atoms with Crippen LogP contribution in [0.2, 0.25) is 0 Å². The third-order valence-corrected chi connectivity index (χ3v) is 3.52. The molecule has 0 unspecified atom stereocenters. The van der Waals surface area contributed by atoms with E-state index in [1.165, 1.54) is 0 Å². The van der Waals surface area contributed by atoms with Crippen LogP contribution < -0.4 is 15.2 Å². The van der Waals surface area contributed by atoms with Crippen LogP contribution in [0.1, 0.15) is 0 Å². The van der Waals surface area contributed by atoms with E-state index in [0.717, 1.165) is 33.9 Å². The molecule has 5 heteroatoms. The van der Waals surface area contributed by atoms with E-state index in [-0.39, 0.29) is 6.79 Å². The Hall–Kier alpha value is -2.95. The summed E-state index contributed by atoms with van der Waals surface area (Å²) in [5, 5.41) is 7.15. The van der Waals surface area contributed by atoms with E-state index in [4.69, 9.17) is 15.2 Å². The van der Waals surface area contributed by atoms with Crippen molar-refractivity contribution in [2.24, 2.45) is 0 Å². The van der Waals surface area contributed by atoms with Crippen molar-refractivity contribution < 1.29 is 9.47 Å². The summed E-state index contributed by atoms with van der Waals surface area (Å²) in [5.74, 6) is 1.95. The standard InChI is InChI=1S/C16H13N3O2/c17-16-14(11-6-7-12-13(8-11)21-9-20-12)15(18-19-16)10-4-2-1-3-5-10/h1-8H,9H2,(H3,17,18,19). The Bertz CT molecular complexity index is 797. The van der Waals surface area contributed by atoms with Crippen LogP contribution in [0, 0.1) is 0 Å². The van der Waals surface area contributed by atoms with Gasteiger partial charge in [0.2, 0.25) is 6.79 Å². The zero-order chi connectivity index (χ0) is 14.2. The van der Waals surface area contributed by atoms with E-state index in [1.54, 1.807) is 0 Å². The van der Waals surface area contributed by atoms with Gasteiger partial charge in [-0.3, -0.25) is 5.10 Å². The Morgan fingerprint density at radius 1 is 0.952 bits per heavy atom. The molecule has 0 spiro atoms. The molecule has 0 radical (unpaired) electrons. The molecule has 0 atom stereocenters.